The Morgan fingerprint density at radius 2 is 2.00 bits per heavy atom. The Morgan fingerprint density at radius 3 is 2.72 bits per heavy atom. The van der Waals surface area contributed by atoms with Gasteiger partial charge in [-0.25, -0.2) is 14.6 Å². The first-order chi connectivity index (χ1) is 8.70. The van der Waals surface area contributed by atoms with Crippen LogP contribution in [0.3, 0.4) is 0 Å². The van der Waals surface area contributed by atoms with Gasteiger partial charge in [-0.05, 0) is 12.1 Å². The Bertz CT molecular complexity index is 630. The lowest BCUT2D eigenvalue weighted by Crippen LogP contribution is -1.99. The summed E-state index contributed by atoms with van der Waals surface area (Å²) in [5, 5.41) is 0.572. The van der Waals surface area contributed by atoms with Gasteiger partial charge in [0.15, 0.2) is 5.69 Å². The molecule has 5 nitrogen and oxygen atoms in total. The largest absolute Gasteiger partial charge is 0.496 e. The molecular weight excluding hydrogens is 254 g/mol. The van der Waals surface area contributed by atoms with E-state index in [0.717, 1.165) is 16.9 Å². The van der Waals surface area contributed by atoms with Gasteiger partial charge in [0.2, 0.25) is 0 Å². The van der Waals surface area contributed by atoms with Crippen LogP contribution in [-0.2, 0) is 4.74 Å². The van der Waals surface area contributed by atoms with E-state index in [2.05, 4.69) is 9.72 Å². The maximum absolute atomic E-state index is 11.4. The molecule has 0 N–H and O–H groups in total. The minimum Gasteiger partial charge on any atom is -0.496 e. The van der Waals surface area contributed by atoms with Gasteiger partial charge in [-0.15, -0.1) is 11.3 Å². The van der Waals surface area contributed by atoms with Crippen molar-refractivity contribution in [2.24, 2.45) is 0 Å². The average Bonchev–Trinajstić information content (AvgIpc) is 2.92. The number of ether oxygens (including phenoxy) is 2. The van der Waals surface area contributed by atoms with Crippen molar-refractivity contribution in [3.63, 3.8) is 0 Å². The highest BCUT2D eigenvalue weighted by Crippen LogP contribution is 2.36. The lowest BCUT2D eigenvalue weighted by Gasteiger charge is -2.04. The van der Waals surface area contributed by atoms with Crippen LogP contribution in [0.1, 0.15) is 20.2 Å². The summed E-state index contributed by atoms with van der Waals surface area (Å²) < 4.78 is 9.68. The minimum absolute atomic E-state index is 0.0888. The fourth-order valence-corrected chi connectivity index (χ4v) is 2.67. The number of fused-ring (bicyclic) bond motifs is 1. The number of cyclic esters (lactones) is 2. The van der Waals surface area contributed by atoms with Gasteiger partial charge in [0, 0.05) is 0 Å². The molecule has 0 saturated carbocycles. The van der Waals surface area contributed by atoms with Crippen molar-refractivity contribution >= 4 is 23.3 Å². The Kier molecular flexibility index (Phi) is 2.38. The molecule has 3 rings (SSSR count). The van der Waals surface area contributed by atoms with Crippen molar-refractivity contribution in [2.75, 3.05) is 7.11 Å². The van der Waals surface area contributed by atoms with Gasteiger partial charge < -0.3 is 9.47 Å². The van der Waals surface area contributed by atoms with Crippen LogP contribution >= 0.6 is 11.3 Å². The fraction of sp³-hybridized carbons (Fsp3) is 0.0833. The molecule has 0 saturated heterocycles. The van der Waals surface area contributed by atoms with E-state index in [4.69, 9.17) is 4.74 Å². The van der Waals surface area contributed by atoms with Gasteiger partial charge in [0.25, 0.3) is 0 Å². The first-order valence-electron chi connectivity index (χ1n) is 5.11. The Morgan fingerprint density at radius 1 is 1.22 bits per heavy atom. The van der Waals surface area contributed by atoms with Gasteiger partial charge in [0.05, 0.1) is 12.7 Å². The smallest absolute Gasteiger partial charge is 0.366 e. The van der Waals surface area contributed by atoms with Gasteiger partial charge in [-0.3, -0.25) is 0 Å². The SMILES string of the molecule is COc1ccccc1-c1nc2c(s1)C(=O)OC2=O. The van der Waals surface area contributed by atoms with E-state index in [1.54, 1.807) is 13.2 Å². The zero-order valence-corrected chi connectivity index (χ0v) is 10.1. The number of para-hydroxylation sites is 1. The van der Waals surface area contributed by atoms with Crippen LogP contribution in [0.15, 0.2) is 24.3 Å². The van der Waals surface area contributed by atoms with E-state index in [0.29, 0.717) is 10.8 Å². The number of carbonyl (C=O) groups is 2. The summed E-state index contributed by atoms with van der Waals surface area (Å²) >= 11 is 1.13. The lowest BCUT2D eigenvalue weighted by molar-refractivity contribution is 0.0443. The van der Waals surface area contributed by atoms with Crippen LogP contribution in [-0.4, -0.2) is 24.0 Å². The molecule has 0 atom stereocenters. The topological polar surface area (TPSA) is 65.5 Å². The highest BCUT2D eigenvalue weighted by atomic mass is 32.1. The van der Waals surface area contributed by atoms with Crippen LogP contribution in [0.4, 0.5) is 0 Å². The maximum Gasteiger partial charge on any atom is 0.366 e. The summed E-state index contributed by atoms with van der Waals surface area (Å²) in [4.78, 5) is 27.1. The van der Waals surface area contributed by atoms with Gasteiger partial charge >= 0.3 is 11.9 Å². The molecule has 2 heterocycles. The van der Waals surface area contributed by atoms with Crippen molar-refractivity contribution in [1.29, 1.82) is 0 Å². The molecule has 18 heavy (non-hydrogen) atoms. The third kappa shape index (κ3) is 1.50. The van der Waals surface area contributed by atoms with Crippen molar-refractivity contribution < 1.29 is 19.1 Å². The van der Waals surface area contributed by atoms with Crippen molar-refractivity contribution in [2.45, 2.75) is 0 Å². The molecule has 0 fully saturated rings. The molecule has 1 aliphatic rings. The van der Waals surface area contributed by atoms with Crippen molar-refractivity contribution in [3.05, 3.63) is 34.8 Å². The zero-order valence-electron chi connectivity index (χ0n) is 9.30. The number of nitrogens with zero attached hydrogens (tertiary/aromatic N) is 1. The quantitative estimate of drug-likeness (QED) is 0.612. The number of aromatic nitrogens is 1. The Balaban J connectivity index is 2.15. The van der Waals surface area contributed by atoms with Crippen LogP contribution in [0.25, 0.3) is 10.6 Å². The van der Waals surface area contributed by atoms with Crippen LogP contribution in [0.5, 0.6) is 5.75 Å². The number of esters is 2. The average molecular weight is 261 g/mol. The maximum atomic E-state index is 11.4. The van der Waals surface area contributed by atoms with E-state index in [9.17, 15) is 9.59 Å². The normalized spacial score (nSPS) is 13.4. The highest BCUT2D eigenvalue weighted by Gasteiger charge is 2.35. The third-order valence-electron chi connectivity index (χ3n) is 2.53. The predicted molar refractivity (Wildman–Crippen MR) is 63.8 cm³/mol. The molecule has 90 valence electrons. The molecule has 6 heteroatoms. The van der Waals surface area contributed by atoms with Gasteiger partial charge in [-0.2, -0.15) is 0 Å². The first-order valence-corrected chi connectivity index (χ1v) is 5.93. The number of rotatable bonds is 2. The number of carbonyl (C=O) groups excluding carboxylic acids is 2. The van der Waals surface area contributed by atoms with E-state index in [1.165, 1.54) is 0 Å². The Hall–Kier alpha value is -2.21. The first kappa shape index (κ1) is 10.9. The molecule has 0 amide bonds. The fourth-order valence-electron chi connectivity index (χ4n) is 1.71. The van der Waals surface area contributed by atoms with E-state index >= 15 is 0 Å². The highest BCUT2D eigenvalue weighted by molar-refractivity contribution is 7.17. The summed E-state index contributed by atoms with van der Waals surface area (Å²) in [5.41, 5.74) is 0.839. The molecule has 2 aromatic rings. The number of benzene rings is 1. The summed E-state index contributed by atoms with van der Waals surface area (Å²) in [6.07, 6.45) is 0. The number of methoxy groups -OCH3 is 1. The second-order valence-corrected chi connectivity index (χ2v) is 4.57. The van der Waals surface area contributed by atoms with Gasteiger partial charge in [0.1, 0.15) is 15.6 Å². The van der Waals surface area contributed by atoms with Crippen molar-refractivity contribution in [3.8, 4) is 16.3 Å². The molecule has 0 unspecified atom stereocenters. The van der Waals surface area contributed by atoms with Crippen molar-refractivity contribution in [1.82, 2.24) is 4.98 Å². The second-order valence-electron chi connectivity index (χ2n) is 3.57. The molecular formula is C12H7NO4S. The molecule has 1 aromatic heterocycles. The summed E-state index contributed by atoms with van der Waals surface area (Å²) in [5.74, 6) is -0.674. The summed E-state index contributed by atoms with van der Waals surface area (Å²) in [6, 6.07) is 7.29. The van der Waals surface area contributed by atoms with Gasteiger partial charge in [-0.1, -0.05) is 12.1 Å². The van der Waals surface area contributed by atoms with E-state index in [1.807, 2.05) is 18.2 Å². The number of hydrogen-bond acceptors (Lipinski definition) is 6. The molecule has 1 aromatic carbocycles. The molecule has 0 bridgehead atoms. The van der Waals surface area contributed by atoms with Crippen LogP contribution in [0, 0.1) is 0 Å². The molecule has 0 aliphatic carbocycles. The molecule has 0 spiro atoms. The number of hydrogen-bond donors (Lipinski definition) is 0. The van der Waals surface area contributed by atoms with Crippen LogP contribution in [0.2, 0.25) is 0 Å². The monoisotopic (exact) mass is 261 g/mol. The summed E-state index contributed by atoms with van der Waals surface area (Å²) in [7, 11) is 1.56. The number of thiazole rings is 1. The zero-order chi connectivity index (χ0) is 12.7. The third-order valence-corrected chi connectivity index (χ3v) is 3.60. The standard InChI is InChI=1S/C12H7NO4S/c1-16-7-5-3-2-4-6(7)10-13-8-9(18-10)12(15)17-11(8)14/h2-5H,1H3. The Labute approximate surface area is 106 Å². The molecule has 0 radical (unpaired) electrons. The van der Waals surface area contributed by atoms with Crippen LogP contribution < -0.4 is 4.74 Å². The second kappa shape index (κ2) is 3.92. The summed E-state index contributed by atoms with van der Waals surface area (Å²) in [6.45, 7) is 0. The molecule has 1 aliphatic heterocycles. The lowest BCUT2D eigenvalue weighted by atomic mass is 10.2. The minimum atomic E-state index is -0.688. The van der Waals surface area contributed by atoms with E-state index < -0.39 is 11.9 Å². The predicted octanol–water partition coefficient (Wildman–Crippen LogP) is 2.13. The van der Waals surface area contributed by atoms with E-state index in [-0.39, 0.29) is 10.6 Å².